The molecule has 8 N–H and O–H groups in total. The lowest BCUT2D eigenvalue weighted by Crippen LogP contribution is -2.08. The highest BCUT2D eigenvalue weighted by molar-refractivity contribution is 5.69. The molecule has 0 saturated carbocycles. The summed E-state index contributed by atoms with van der Waals surface area (Å²) in [5.41, 5.74) is 30.8. The van der Waals surface area contributed by atoms with Crippen LogP contribution in [-0.4, -0.2) is 40.9 Å². The Morgan fingerprint density at radius 1 is 0.147 bits per heavy atom. The molecule has 116 heavy (non-hydrogen) atoms. The van der Waals surface area contributed by atoms with Gasteiger partial charge in [0.1, 0.15) is 46.0 Å². The van der Waals surface area contributed by atoms with Crippen molar-refractivity contribution in [3.05, 3.63) is 475 Å². The number of rotatable bonds is 16. The Balaban J connectivity index is 0.000000135. The Hall–Kier alpha value is -14.1. The largest absolute Gasteiger partial charge is 0.508 e. The van der Waals surface area contributed by atoms with E-state index in [1.807, 2.05) is 189 Å². The summed E-state index contributed by atoms with van der Waals surface area (Å²) < 4.78 is 0. The van der Waals surface area contributed by atoms with Gasteiger partial charge in [0.25, 0.3) is 0 Å². The maximum atomic E-state index is 10.2. The van der Waals surface area contributed by atoms with Crippen LogP contribution >= 0.6 is 0 Å². The molecule has 0 unspecified atom stereocenters. The average Bonchev–Trinajstić information content (AvgIpc) is 0.801. The van der Waals surface area contributed by atoms with Gasteiger partial charge in [-0.15, -0.1) is 0 Å². The molecule has 0 heterocycles. The normalized spacial score (nSPS) is 11.0. The smallest absolute Gasteiger partial charge is 0.118 e. The molecule has 0 spiro atoms. The zero-order chi connectivity index (χ0) is 81.5. The predicted molar refractivity (Wildman–Crippen MR) is 474 cm³/mol. The molecule has 0 aliphatic rings. The fourth-order valence-electron chi connectivity index (χ4n) is 15.5. The third kappa shape index (κ3) is 19.2. The van der Waals surface area contributed by atoms with Crippen LogP contribution in [-0.2, 0) is 0 Å². The molecule has 0 aliphatic carbocycles. The second kappa shape index (κ2) is 36.6. The molecule has 576 valence electrons. The lowest BCUT2D eigenvalue weighted by Gasteiger charge is -2.24. The first-order chi connectivity index (χ1) is 56.1. The van der Waals surface area contributed by atoms with Gasteiger partial charge >= 0.3 is 0 Å². The molecule has 0 bridgehead atoms. The van der Waals surface area contributed by atoms with E-state index in [-0.39, 0.29) is 46.7 Å². The standard InChI is InChI=1S/C29H28O2.2C27H24O2.C25H20O2/c1-18-16-27(30)20(3)14-25(18)29(26-15-21(4)28(31)17-19(26)2)24-12-10-23(11-13-24)22-8-6-5-7-9-22;1-18-16-23(28)12-14-25(18)27(26-15-13-24(29)17-19(26)2)22-10-8-21(9-11-22)20-6-4-3-5-7-20;1-18-16-23(12-14-25(18)28)27(24-13-15-26(29)19(2)17-24)22-10-8-21(9-11-22)20-6-4-3-5-7-20;26-23-14-10-21(11-15-23)25(22-12-16-24(27)17-13-22)20-8-6-19(7-9-20)18-4-2-1-3-5-18/h5-17,29-31H,1-4H3;2*3-17,27-29H,1-2H3;1-17,25-27H. The Kier molecular flexibility index (Phi) is 25.2. The van der Waals surface area contributed by atoms with E-state index in [1.165, 1.54) is 61.2 Å². The Morgan fingerprint density at radius 2 is 0.362 bits per heavy atom. The van der Waals surface area contributed by atoms with Crippen LogP contribution in [0.4, 0.5) is 0 Å². The van der Waals surface area contributed by atoms with E-state index in [0.29, 0.717) is 23.0 Å². The second-order valence-electron chi connectivity index (χ2n) is 30.0. The highest BCUT2D eigenvalue weighted by Gasteiger charge is 2.26. The first kappa shape index (κ1) is 80.0. The van der Waals surface area contributed by atoms with Crippen LogP contribution in [0.25, 0.3) is 44.5 Å². The lowest BCUT2D eigenvalue weighted by atomic mass is 9.79. The summed E-state index contributed by atoms with van der Waals surface area (Å²) in [4.78, 5) is 0. The fraction of sp³-hybridized carbons (Fsp3) is 0.111. The number of phenolic OH excluding ortho intramolecular Hbond substituents is 8. The lowest BCUT2D eigenvalue weighted by molar-refractivity contribution is 0.469. The third-order valence-electron chi connectivity index (χ3n) is 21.9. The van der Waals surface area contributed by atoms with E-state index in [4.69, 9.17) is 0 Å². The zero-order valence-electron chi connectivity index (χ0n) is 66.5. The predicted octanol–water partition coefficient (Wildman–Crippen LogP) is 26.2. The fourth-order valence-corrected chi connectivity index (χ4v) is 15.5. The molecule has 0 saturated heterocycles. The van der Waals surface area contributed by atoms with Crippen LogP contribution in [0.2, 0.25) is 0 Å². The Labute approximate surface area is 681 Å². The number of aryl methyl sites for hydroxylation is 8. The van der Waals surface area contributed by atoms with E-state index in [0.717, 1.165) is 94.6 Å². The van der Waals surface area contributed by atoms with Gasteiger partial charge < -0.3 is 40.9 Å². The maximum Gasteiger partial charge on any atom is 0.118 e. The summed E-state index contributed by atoms with van der Waals surface area (Å²) in [6.07, 6.45) is 0. The van der Waals surface area contributed by atoms with Crippen molar-refractivity contribution in [3.63, 3.8) is 0 Å². The van der Waals surface area contributed by atoms with Crippen molar-refractivity contribution in [2.24, 2.45) is 0 Å². The third-order valence-corrected chi connectivity index (χ3v) is 21.9. The van der Waals surface area contributed by atoms with Crippen LogP contribution in [0.5, 0.6) is 46.0 Å². The van der Waals surface area contributed by atoms with Gasteiger partial charge in [-0.1, -0.05) is 291 Å². The summed E-state index contributed by atoms with van der Waals surface area (Å²) in [5.74, 6) is 2.33. The van der Waals surface area contributed by atoms with Gasteiger partial charge in [-0.3, -0.25) is 0 Å². The molecule has 0 atom stereocenters. The van der Waals surface area contributed by atoms with Gasteiger partial charge in [0, 0.05) is 23.7 Å². The van der Waals surface area contributed by atoms with Gasteiger partial charge in [-0.25, -0.2) is 0 Å². The molecular weight excluding hydrogens is 1430 g/mol. The summed E-state index contributed by atoms with van der Waals surface area (Å²) in [6, 6.07) is 121. The van der Waals surface area contributed by atoms with E-state index >= 15 is 0 Å². The number of benzene rings is 16. The van der Waals surface area contributed by atoms with Crippen molar-refractivity contribution >= 4 is 0 Å². The number of aromatic hydroxyl groups is 8. The number of hydrogen-bond acceptors (Lipinski definition) is 8. The molecule has 0 aliphatic heterocycles. The first-order valence-corrected chi connectivity index (χ1v) is 39.1. The summed E-state index contributed by atoms with van der Waals surface area (Å²) in [5, 5.41) is 79.4. The number of phenols is 8. The van der Waals surface area contributed by atoms with Gasteiger partial charge in [-0.2, -0.15) is 0 Å². The van der Waals surface area contributed by atoms with Crippen molar-refractivity contribution in [1.29, 1.82) is 0 Å². The molecule has 0 amide bonds. The topological polar surface area (TPSA) is 162 Å². The van der Waals surface area contributed by atoms with Gasteiger partial charge in [0.05, 0.1) is 0 Å². The quantitative estimate of drug-likeness (QED) is 0.0444. The van der Waals surface area contributed by atoms with Crippen LogP contribution < -0.4 is 0 Å². The summed E-state index contributed by atoms with van der Waals surface area (Å²) in [7, 11) is 0. The molecule has 16 aromatic rings. The Morgan fingerprint density at radius 3 is 0.638 bits per heavy atom. The monoisotopic (exact) mass is 1520 g/mol. The van der Waals surface area contributed by atoms with Crippen molar-refractivity contribution in [1.82, 2.24) is 0 Å². The van der Waals surface area contributed by atoms with Crippen LogP contribution in [0.3, 0.4) is 0 Å². The molecule has 0 radical (unpaired) electrons. The highest BCUT2D eigenvalue weighted by Crippen LogP contribution is 2.44. The highest BCUT2D eigenvalue weighted by atomic mass is 16.3. The molecule has 0 aromatic heterocycles. The SMILES string of the molecule is Cc1cc(C(c2ccc(-c3ccccc3)cc2)c2cc(C)c(O)cc2C)c(C)cc1O.Cc1cc(C(c2ccc(-c3ccccc3)cc2)c2ccc(O)c(C)c2)ccc1O.Cc1cc(O)ccc1C(c1ccc(-c2ccccc2)cc1)c1ccc(O)cc1C.Oc1ccc(C(c2ccc(O)cc2)c2ccc(-c3ccccc3)cc2)cc1. The minimum absolute atomic E-state index is 0.00317. The molecule has 16 rings (SSSR count). The average molecular weight is 1520 g/mol. The summed E-state index contributed by atoms with van der Waals surface area (Å²) >= 11 is 0. The second-order valence-corrected chi connectivity index (χ2v) is 30.0. The van der Waals surface area contributed by atoms with Crippen molar-refractivity contribution in [3.8, 4) is 90.5 Å². The summed E-state index contributed by atoms with van der Waals surface area (Å²) in [6.45, 7) is 15.8. The molecule has 16 aromatic carbocycles. The van der Waals surface area contributed by atoms with Crippen LogP contribution in [0.1, 0.15) is 135 Å². The van der Waals surface area contributed by atoms with E-state index < -0.39 is 0 Å². The van der Waals surface area contributed by atoms with Crippen molar-refractivity contribution in [2.45, 2.75) is 79.1 Å². The molecule has 8 heteroatoms. The molecule has 8 nitrogen and oxygen atoms in total. The first-order valence-electron chi connectivity index (χ1n) is 39.1. The van der Waals surface area contributed by atoms with E-state index in [1.54, 1.807) is 60.7 Å². The van der Waals surface area contributed by atoms with E-state index in [2.05, 4.69) is 170 Å². The van der Waals surface area contributed by atoms with Crippen molar-refractivity contribution in [2.75, 3.05) is 0 Å². The Bertz CT molecular complexity index is 5760. The van der Waals surface area contributed by atoms with Crippen LogP contribution in [0, 0.1) is 55.4 Å². The maximum absolute atomic E-state index is 10.2. The minimum atomic E-state index is 0.00317. The van der Waals surface area contributed by atoms with Crippen LogP contribution in [0.15, 0.2) is 364 Å². The zero-order valence-corrected chi connectivity index (χ0v) is 66.5. The molecular formula is C108H96O8. The minimum Gasteiger partial charge on any atom is -0.508 e. The van der Waals surface area contributed by atoms with Gasteiger partial charge in [0.15, 0.2) is 0 Å². The van der Waals surface area contributed by atoms with E-state index in [9.17, 15) is 40.9 Å². The van der Waals surface area contributed by atoms with Crippen molar-refractivity contribution < 1.29 is 40.9 Å². The van der Waals surface area contributed by atoms with Gasteiger partial charge in [-0.05, 0) is 284 Å². The number of hydrogen-bond donors (Lipinski definition) is 8. The van der Waals surface area contributed by atoms with Gasteiger partial charge in [0.2, 0.25) is 0 Å². The molecule has 0 fully saturated rings.